The van der Waals surface area contributed by atoms with Gasteiger partial charge in [-0.15, -0.1) is 0 Å². The fraction of sp³-hybridized carbons (Fsp3) is 0.133. The molecular formula is C15H12F2N2. The summed E-state index contributed by atoms with van der Waals surface area (Å²) in [5.41, 5.74) is 4.08. The van der Waals surface area contributed by atoms with Crippen LogP contribution in [0.15, 0.2) is 30.3 Å². The second kappa shape index (κ2) is 4.16. The third-order valence-electron chi connectivity index (χ3n) is 3.11. The van der Waals surface area contributed by atoms with Gasteiger partial charge in [-0.1, -0.05) is 6.07 Å². The van der Waals surface area contributed by atoms with Crippen LogP contribution in [0.4, 0.5) is 8.78 Å². The van der Waals surface area contributed by atoms with Crippen molar-refractivity contribution in [3.63, 3.8) is 0 Å². The monoisotopic (exact) mass is 258 g/mol. The molecule has 0 aliphatic heterocycles. The van der Waals surface area contributed by atoms with Gasteiger partial charge in [0.2, 0.25) is 0 Å². The zero-order valence-electron chi connectivity index (χ0n) is 10.6. The molecule has 1 aromatic heterocycles. The predicted molar refractivity (Wildman–Crippen MR) is 70.9 cm³/mol. The number of aromatic amines is 1. The Balaban J connectivity index is 2.23. The van der Waals surface area contributed by atoms with Gasteiger partial charge in [0.05, 0.1) is 16.6 Å². The van der Waals surface area contributed by atoms with Crippen molar-refractivity contribution in [2.75, 3.05) is 0 Å². The van der Waals surface area contributed by atoms with Crippen LogP contribution in [0, 0.1) is 25.5 Å². The minimum Gasteiger partial charge on any atom is -0.338 e. The molecule has 0 bridgehead atoms. The maximum Gasteiger partial charge on any atom is 0.141 e. The van der Waals surface area contributed by atoms with Gasteiger partial charge in [0.15, 0.2) is 0 Å². The summed E-state index contributed by atoms with van der Waals surface area (Å²) in [7, 11) is 0. The first-order valence-electron chi connectivity index (χ1n) is 5.97. The molecule has 0 saturated carbocycles. The number of fused-ring (bicyclic) bond motifs is 1. The van der Waals surface area contributed by atoms with Crippen LogP contribution >= 0.6 is 0 Å². The summed E-state index contributed by atoms with van der Waals surface area (Å²) in [6, 6.07) is 7.46. The summed E-state index contributed by atoms with van der Waals surface area (Å²) < 4.78 is 26.7. The van der Waals surface area contributed by atoms with Gasteiger partial charge in [0, 0.05) is 6.07 Å². The minimum absolute atomic E-state index is 0.273. The number of nitrogens with zero attached hydrogens (tertiary/aromatic N) is 1. The lowest BCUT2D eigenvalue weighted by molar-refractivity contribution is 0.585. The quantitative estimate of drug-likeness (QED) is 0.698. The molecule has 0 unspecified atom stereocenters. The van der Waals surface area contributed by atoms with Crippen LogP contribution in [0.25, 0.3) is 22.4 Å². The van der Waals surface area contributed by atoms with E-state index in [9.17, 15) is 8.78 Å². The van der Waals surface area contributed by atoms with E-state index in [-0.39, 0.29) is 5.56 Å². The number of rotatable bonds is 1. The normalized spacial score (nSPS) is 11.2. The van der Waals surface area contributed by atoms with E-state index >= 15 is 0 Å². The summed E-state index contributed by atoms with van der Waals surface area (Å²) in [4.78, 5) is 7.48. The van der Waals surface area contributed by atoms with E-state index < -0.39 is 11.6 Å². The van der Waals surface area contributed by atoms with Crippen molar-refractivity contribution in [1.82, 2.24) is 9.97 Å². The van der Waals surface area contributed by atoms with Gasteiger partial charge in [-0.05, 0) is 43.2 Å². The number of aromatic nitrogens is 2. The van der Waals surface area contributed by atoms with E-state index in [2.05, 4.69) is 9.97 Å². The van der Waals surface area contributed by atoms with Gasteiger partial charge in [-0.25, -0.2) is 13.8 Å². The lowest BCUT2D eigenvalue weighted by Gasteiger charge is -1.98. The molecule has 0 amide bonds. The average molecular weight is 258 g/mol. The second-order valence-corrected chi connectivity index (χ2v) is 4.69. The number of halogens is 2. The highest BCUT2D eigenvalue weighted by Gasteiger charge is 2.12. The lowest BCUT2D eigenvalue weighted by atomic mass is 10.1. The molecule has 0 spiro atoms. The molecule has 0 aliphatic rings. The fourth-order valence-electron chi connectivity index (χ4n) is 2.28. The van der Waals surface area contributed by atoms with Gasteiger partial charge in [-0.3, -0.25) is 0 Å². The highest BCUT2D eigenvalue weighted by Crippen LogP contribution is 2.25. The Morgan fingerprint density at radius 1 is 1.05 bits per heavy atom. The molecule has 96 valence electrons. The Hall–Kier alpha value is -2.23. The highest BCUT2D eigenvalue weighted by molar-refractivity contribution is 5.83. The summed E-state index contributed by atoms with van der Waals surface area (Å²) in [5, 5.41) is 0. The van der Waals surface area contributed by atoms with E-state index in [1.807, 2.05) is 26.0 Å². The third kappa shape index (κ3) is 1.99. The summed E-state index contributed by atoms with van der Waals surface area (Å²) >= 11 is 0. The van der Waals surface area contributed by atoms with Gasteiger partial charge >= 0.3 is 0 Å². The van der Waals surface area contributed by atoms with E-state index in [0.717, 1.165) is 28.2 Å². The van der Waals surface area contributed by atoms with Crippen LogP contribution in [0.2, 0.25) is 0 Å². The third-order valence-corrected chi connectivity index (χ3v) is 3.11. The fourth-order valence-corrected chi connectivity index (χ4v) is 2.28. The van der Waals surface area contributed by atoms with E-state index in [1.54, 1.807) is 0 Å². The number of hydrogen-bond donors (Lipinski definition) is 1. The number of H-pyrrole nitrogens is 1. The summed E-state index contributed by atoms with van der Waals surface area (Å²) in [5.74, 6) is -0.793. The molecule has 3 rings (SSSR count). The number of hydrogen-bond acceptors (Lipinski definition) is 1. The Labute approximate surface area is 109 Å². The number of nitrogens with one attached hydrogen (secondary N) is 1. The smallest absolute Gasteiger partial charge is 0.141 e. The van der Waals surface area contributed by atoms with Crippen LogP contribution in [0.3, 0.4) is 0 Å². The van der Waals surface area contributed by atoms with Crippen LogP contribution in [0.5, 0.6) is 0 Å². The van der Waals surface area contributed by atoms with Gasteiger partial charge in [-0.2, -0.15) is 0 Å². The van der Waals surface area contributed by atoms with E-state index in [4.69, 9.17) is 0 Å². The maximum absolute atomic E-state index is 13.7. The van der Waals surface area contributed by atoms with Crippen LogP contribution in [-0.4, -0.2) is 9.97 Å². The van der Waals surface area contributed by atoms with Crippen LogP contribution < -0.4 is 0 Å². The molecule has 0 aliphatic carbocycles. The molecule has 2 nitrogen and oxygen atoms in total. The number of benzene rings is 2. The van der Waals surface area contributed by atoms with Crippen molar-refractivity contribution in [3.05, 3.63) is 53.1 Å². The van der Waals surface area contributed by atoms with E-state index in [1.165, 1.54) is 12.1 Å². The van der Waals surface area contributed by atoms with Crippen LogP contribution in [0.1, 0.15) is 11.1 Å². The first-order chi connectivity index (χ1) is 9.04. The average Bonchev–Trinajstić information content (AvgIpc) is 2.72. The molecule has 0 radical (unpaired) electrons. The molecule has 0 fully saturated rings. The number of aryl methyl sites for hydroxylation is 2. The molecule has 4 heteroatoms. The minimum atomic E-state index is -0.617. The van der Waals surface area contributed by atoms with E-state index in [0.29, 0.717) is 5.82 Å². The molecular weight excluding hydrogens is 246 g/mol. The van der Waals surface area contributed by atoms with Gasteiger partial charge in [0.25, 0.3) is 0 Å². The molecule has 3 aromatic rings. The Morgan fingerprint density at radius 3 is 2.58 bits per heavy atom. The molecule has 1 N–H and O–H groups in total. The van der Waals surface area contributed by atoms with Gasteiger partial charge < -0.3 is 4.98 Å². The van der Waals surface area contributed by atoms with Crippen molar-refractivity contribution in [2.45, 2.75) is 13.8 Å². The topological polar surface area (TPSA) is 28.7 Å². The summed E-state index contributed by atoms with van der Waals surface area (Å²) in [6.45, 7) is 3.95. The van der Waals surface area contributed by atoms with Crippen molar-refractivity contribution in [2.24, 2.45) is 0 Å². The summed E-state index contributed by atoms with van der Waals surface area (Å²) in [6.07, 6.45) is 0. The van der Waals surface area contributed by atoms with Gasteiger partial charge in [0.1, 0.15) is 17.5 Å². The molecule has 2 aromatic carbocycles. The molecule has 0 saturated heterocycles. The standard InChI is InChI=1S/C15H12F2N2/c1-8-5-9(2)14-13(6-8)18-15(19-14)11-4-3-10(16)7-12(11)17/h3-7H,1-2H3,(H,18,19). The zero-order chi connectivity index (χ0) is 13.6. The highest BCUT2D eigenvalue weighted by atomic mass is 19.1. The largest absolute Gasteiger partial charge is 0.338 e. The Kier molecular flexibility index (Phi) is 2.59. The zero-order valence-corrected chi connectivity index (χ0v) is 10.6. The predicted octanol–water partition coefficient (Wildman–Crippen LogP) is 4.12. The lowest BCUT2D eigenvalue weighted by Crippen LogP contribution is -1.87. The van der Waals surface area contributed by atoms with Crippen LogP contribution in [-0.2, 0) is 0 Å². The van der Waals surface area contributed by atoms with Crippen molar-refractivity contribution in [3.8, 4) is 11.4 Å². The Bertz CT molecular complexity index is 775. The SMILES string of the molecule is Cc1cc(C)c2nc(-c3ccc(F)cc3F)[nH]c2c1. The number of imidazole rings is 1. The van der Waals surface area contributed by atoms with Crippen molar-refractivity contribution < 1.29 is 8.78 Å². The molecule has 19 heavy (non-hydrogen) atoms. The first kappa shape index (κ1) is 11.8. The first-order valence-corrected chi connectivity index (χ1v) is 5.97. The maximum atomic E-state index is 13.7. The Morgan fingerprint density at radius 2 is 1.84 bits per heavy atom. The second-order valence-electron chi connectivity index (χ2n) is 4.69. The van der Waals surface area contributed by atoms with Crippen molar-refractivity contribution in [1.29, 1.82) is 0 Å². The molecule has 1 heterocycles. The van der Waals surface area contributed by atoms with Crippen molar-refractivity contribution >= 4 is 11.0 Å². The molecule has 0 atom stereocenters.